The van der Waals surface area contributed by atoms with Crippen molar-refractivity contribution in [2.75, 3.05) is 11.9 Å². The largest absolute Gasteiger partial charge is 0.369 e. The van der Waals surface area contributed by atoms with Gasteiger partial charge in [0, 0.05) is 35.2 Å². The van der Waals surface area contributed by atoms with Crippen LogP contribution in [0.3, 0.4) is 0 Å². The number of aromatic nitrogens is 4. The van der Waals surface area contributed by atoms with Gasteiger partial charge in [-0.15, -0.1) is 5.10 Å². The van der Waals surface area contributed by atoms with Gasteiger partial charge in [-0.05, 0) is 43.2 Å². The highest BCUT2D eigenvalue weighted by atomic mass is 15.3. The van der Waals surface area contributed by atoms with Gasteiger partial charge < -0.3 is 16.0 Å². The molecule has 1 aromatic carbocycles. The van der Waals surface area contributed by atoms with E-state index in [2.05, 4.69) is 48.4 Å². The van der Waals surface area contributed by atoms with Gasteiger partial charge >= 0.3 is 0 Å². The van der Waals surface area contributed by atoms with E-state index in [0.717, 1.165) is 58.7 Å². The zero-order valence-corrected chi connectivity index (χ0v) is 15.2. The Bertz CT molecular complexity index is 1050. The first kappa shape index (κ1) is 16.6. The predicted octanol–water partition coefficient (Wildman–Crippen LogP) is 4.11. The molecule has 6 heteroatoms. The molecule has 4 aromatic rings. The standard InChI is InChI=1S/C20H24N6/c1-3-10-23-17-7-8-18-24-19(15(21)4-2)20(26(18)25-17)14-5-6-16-13(12-14)9-11-22-16/h5-9,11-12,15,22H,3-4,10,21H2,1-2H3,(H,23,25). The van der Waals surface area contributed by atoms with Gasteiger partial charge in [0.1, 0.15) is 5.82 Å². The molecule has 4 N–H and O–H groups in total. The molecule has 1 atom stereocenters. The Balaban J connectivity index is 1.93. The third kappa shape index (κ3) is 2.82. The van der Waals surface area contributed by atoms with Crippen molar-refractivity contribution in [3.8, 4) is 11.3 Å². The maximum Gasteiger partial charge on any atom is 0.154 e. The number of aromatic amines is 1. The van der Waals surface area contributed by atoms with Crippen molar-refractivity contribution < 1.29 is 0 Å². The number of nitrogens with one attached hydrogen (secondary N) is 2. The van der Waals surface area contributed by atoms with Crippen LogP contribution in [0.5, 0.6) is 0 Å². The predicted molar refractivity (Wildman–Crippen MR) is 106 cm³/mol. The van der Waals surface area contributed by atoms with Crippen molar-refractivity contribution in [2.24, 2.45) is 5.73 Å². The number of H-pyrrole nitrogens is 1. The monoisotopic (exact) mass is 348 g/mol. The third-order valence-corrected chi connectivity index (χ3v) is 4.68. The molecule has 3 aromatic heterocycles. The quantitative estimate of drug-likeness (QED) is 0.489. The number of nitrogens with two attached hydrogens (primary N) is 1. The van der Waals surface area contributed by atoms with Gasteiger partial charge in [-0.1, -0.05) is 19.9 Å². The number of fused-ring (bicyclic) bond motifs is 2. The SMILES string of the molecule is CCCNc1ccc2nc(C(N)CC)c(-c3ccc4[nH]ccc4c3)n2n1. The van der Waals surface area contributed by atoms with Crippen LogP contribution in [-0.4, -0.2) is 26.1 Å². The molecule has 0 saturated heterocycles. The summed E-state index contributed by atoms with van der Waals surface area (Å²) < 4.78 is 1.91. The molecule has 4 rings (SSSR count). The molecular formula is C20H24N6. The van der Waals surface area contributed by atoms with Crippen molar-refractivity contribution in [1.82, 2.24) is 19.6 Å². The first-order chi connectivity index (χ1) is 12.7. The molecule has 0 aliphatic carbocycles. The van der Waals surface area contributed by atoms with Crippen molar-refractivity contribution in [3.05, 3.63) is 48.3 Å². The fraction of sp³-hybridized carbons (Fsp3) is 0.300. The average Bonchev–Trinajstić information content (AvgIpc) is 3.28. The minimum absolute atomic E-state index is 0.124. The molecule has 0 bridgehead atoms. The Labute approximate surface area is 152 Å². The van der Waals surface area contributed by atoms with Crippen LogP contribution in [0.15, 0.2) is 42.6 Å². The lowest BCUT2D eigenvalue weighted by Crippen LogP contribution is -2.11. The van der Waals surface area contributed by atoms with E-state index in [1.54, 1.807) is 0 Å². The van der Waals surface area contributed by atoms with Crippen LogP contribution in [0.4, 0.5) is 5.82 Å². The van der Waals surface area contributed by atoms with Crippen LogP contribution < -0.4 is 11.1 Å². The molecule has 26 heavy (non-hydrogen) atoms. The molecule has 3 heterocycles. The second kappa shape index (κ2) is 6.80. The first-order valence-electron chi connectivity index (χ1n) is 9.18. The smallest absolute Gasteiger partial charge is 0.154 e. The van der Waals surface area contributed by atoms with Gasteiger partial charge in [-0.25, -0.2) is 9.50 Å². The zero-order chi connectivity index (χ0) is 18.1. The van der Waals surface area contributed by atoms with Crippen LogP contribution >= 0.6 is 0 Å². The topological polar surface area (TPSA) is 84.0 Å². The summed E-state index contributed by atoms with van der Waals surface area (Å²) in [6.07, 6.45) is 3.82. The molecule has 0 aliphatic rings. The highest BCUT2D eigenvalue weighted by Gasteiger charge is 2.20. The van der Waals surface area contributed by atoms with Gasteiger partial charge in [0.25, 0.3) is 0 Å². The van der Waals surface area contributed by atoms with Crippen molar-refractivity contribution in [1.29, 1.82) is 0 Å². The minimum atomic E-state index is -0.124. The van der Waals surface area contributed by atoms with E-state index >= 15 is 0 Å². The molecule has 0 saturated carbocycles. The Morgan fingerprint density at radius 3 is 2.88 bits per heavy atom. The van der Waals surface area contributed by atoms with E-state index in [4.69, 9.17) is 15.8 Å². The maximum absolute atomic E-state index is 6.38. The zero-order valence-electron chi connectivity index (χ0n) is 15.2. The second-order valence-electron chi connectivity index (χ2n) is 6.56. The Morgan fingerprint density at radius 1 is 1.19 bits per heavy atom. The Kier molecular flexibility index (Phi) is 4.34. The summed E-state index contributed by atoms with van der Waals surface area (Å²) in [6, 6.07) is 12.3. The number of imidazole rings is 1. The summed E-state index contributed by atoms with van der Waals surface area (Å²) in [5.74, 6) is 0.845. The number of hydrogen-bond acceptors (Lipinski definition) is 4. The molecule has 0 aliphatic heterocycles. The summed E-state index contributed by atoms with van der Waals surface area (Å²) in [5, 5.41) is 9.28. The van der Waals surface area contributed by atoms with Gasteiger partial charge in [0.15, 0.2) is 5.65 Å². The van der Waals surface area contributed by atoms with Gasteiger partial charge in [-0.3, -0.25) is 0 Å². The molecule has 0 radical (unpaired) electrons. The van der Waals surface area contributed by atoms with Gasteiger partial charge in [0.05, 0.1) is 11.4 Å². The first-order valence-corrected chi connectivity index (χ1v) is 9.18. The maximum atomic E-state index is 6.38. The molecule has 0 amide bonds. The van der Waals surface area contributed by atoms with Gasteiger partial charge in [0.2, 0.25) is 0 Å². The minimum Gasteiger partial charge on any atom is -0.369 e. The van der Waals surface area contributed by atoms with Crippen molar-refractivity contribution in [3.63, 3.8) is 0 Å². The van der Waals surface area contributed by atoms with Crippen LogP contribution in [0.1, 0.15) is 38.4 Å². The van der Waals surface area contributed by atoms with E-state index in [1.807, 2.05) is 22.8 Å². The lowest BCUT2D eigenvalue weighted by Gasteiger charge is -2.10. The fourth-order valence-electron chi connectivity index (χ4n) is 3.22. The molecule has 134 valence electrons. The molecule has 1 unspecified atom stereocenters. The van der Waals surface area contributed by atoms with E-state index in [-0.39, 0.29) is 6.04 Å². The summed E-state index contributed by atoms with van der Waals surface area (Å²) in [4.78, 5) is 8.03. The van der Waals surface area contributed by atoms with Crippen LogP contribution in [0.2, 0.25) is 0 Å². The highest BCUT2D eigenvalue weighted by Crippen LogP contribution is 2.31. The normalized spacial score (nSPS) is 12.7. The average molecular weight is 348 g/mol. The summed E-state index contributed by atoms with van der Waals surface area (Å²) in [7, 11) is 0. The fourth-order valence-corrected chi connectivity index (χ4v) is 3.22. The number of benzene rings is 1. The summed E-state index contributed by atoms with van der Waals surface area (Å²) in [5.41, 5.74) is 11.2. The molecule has 0 fully saturated rings. The number of nitrogens with zero attached hydrogens (tertiary/aromatic N) is 3. The molecule has 0 spiro atoms. The number of anilines is 1. The third-order valence-electron chi connectivity index (χ3n) is 4.68. The van der Waals surface area contributed by atoms with E-state index < -0.39 is 0 Å². The number of hydrogen-bond donors (Lipinski definition) is 3. The summed E-state index contributed by atoms with van der Waals surface area (Å²) in [6.45, 7) is 5.10. The Morgan fingerprint density at radius 2 is 2.08 bits per heavy atom. The molecule has 6 nitrogen and oxygen atoms in total. The second-order valence-corrected chi connectivity index (χ2v) is 6.56. The van der Waals surface area contributed by atoms with Crippen LogP contribution in [-0.2, 0) is 0 Å². The lowest BCUT2D eigenvalue weighted by molar-refractivity contribution is 0.682. The highest BCUT2D eigenvalue weighted by molar-refractivity contribution is 5.85. The van der Waals surface area contributed by atoms with Gasteiger partial charge in [-0.2, -0.15) is 0 Å². The molecular weight excluding hydrogens is 324 g/mol. The summed E-state index contributed by atoms with van der Waals surface area (Å²) >= 11 is 0. The van der Waals surface area contributed by atoms with Crippen molar-refractivity contribution >= 4 is 22.4 Å². The Hall–Kier alpha value is -2.86. The lowest BCUT2D eigenvalue weighted by atomic mass is 10.0. The van der Waals surface area contributed by atoms with Crippen molar-refractivity contribution in [2.45, 2.75) is 32.7 Å². The number of rotatable bonds is 6. The van der Waals surface area contributed by atoms with E-state index in [0.29, 0.717) is 0 Å². The van der Waals surface area contributed by atoms with E-state index in [1.165, 1.54) is 0 Å². The van der Waals surface area contributed by atoms with Crippen LogP contribution in [0, 0.1) is 0 Å². The van der Waals surface area contributed by atoms with E-state index in [9.17, 15) is 0 Å². The van der Waals surface area contributed by atoms with Crippen LogP contribution in [0.25, 0.3) is 27.8 Å².